The molecule has 1 aliphatic heterocycles. The van der Waals surface area contributed by atoms with Gasteiger partial charge in [0.05, 0.1) is 14.2 Å². The molecule has 18 heavy (non-hydrogen) atoms. The van der Waals surface area contributed by atoms with Gasteiger partial charge in [0, 0.05) is 6.04 Å². The van der Waals surface area contributed by atoms with Crippen molar-refractivity contribution >= 4 is 6.08 Å². The van der Waals surface area contributed by atoms with Gasteiger partial charge < -0.3 is 14.8 Å². The normalized spacial score (nSPS) is 20.0. The summed E-state index contributed by atoms with van der Waals surface area (Å²) < 4.78 is 10.5. The van der Waals surface area contributed by atoms with E-state index in [1.165, 1.54) is 19.3 Å². The first-order chi connectivity index (χ1) is 8.83. The number of nitrogens with one attached hydrogen (secondary N) is 1. The zero-order chi connectivity index (χ0) is 12.8. The summed E-state index contributed by atoms with van der Waals surface area (Å²) in [5, 5.41) is 3.50. The van der Waals surface area contributed by atoms with Crippen LogP contribution < -0.4 is 14.8 Å². The highest BCUT2D eigenvalue weighted by Gasteiger charge is 2.08. The van der Waals surface area contributed by atoms with Gasteiger partial charge >= 0.3 is 0 Å². The molecule has 1 heterocycles. The average Bonchev–Trinajstić information content (AvgIpc) is 2.45. The Morgan fingerprint density at radius 3 is 2.67 bits per heavy atom. The van der Waals surface area contributed by atoms with E-state index in [9.17, 15) is 0 Å². The van der Waals surface area contributed by atoms with Gasteiger partial charge in [-0.3, -0.25) is 0 Å². The predicted octanol–water partition coefficient (Wildman–Crippen LogP) is 2.86. The maximum atomic E-state index is 5.29. The van der Waals surface area contributed by atoms with E-state index in [0.717, 1.165) is 23.6 Å². The molecule has 1 saturated heterocycles. The fourth-order valence-corrected chi connectivity index (χ4v) is 2.23. The molecule has 3 nitrogen and oxygen atoms in total. The molecule has 1 aromatic carbocycles. The molecule has 1 aliphatic rings. The monoisotopic (exact) mass is 247 g/mol. The first kappa shape index (κ1) is 13.0. The maximum Gasteiger partial charge on any atom is 0.161 e. The van der Waals surface area contributed by atoms with Crippen LogP contribution in [0.4, 0.5) is 0 Å². The Labute approximate surface area is 109 Å². The fourth-order valence-electron chi connectivity index (χ4n) is 2.23. The molecule has 3 heteroatoms. The van der Waals surface area contributed by atoms with Crippen molar-refractivity contribution in [1.82, 2.24) is 5.32 Å². The van der Waals surface area contributed by atoms with Crippen LogP contribution in [0.25, 0.3) is 6.08 Å². The van der Waals surface area contributed by atoms with E-state index in [4.69, 9.17) is 9.47 Å². The van der Waals surface area contributed by atoms with E-state index in [2.05, 4.69) is 17.5 Å². The molecular formula is C15H21NO2. The third-order valence-electron chi connectivity index (χ3n) is 3.28. The lowest BCUT2D eigenvalue weighted by Gasteiger charge is -2.20. The Morgan fingerprint density at radius 2 is 2.00 bits per heavy atom. The molecule has 98 valence electrons. The van der Waals surface area contributed by atoms with Crippen LogP contribution in [0, 0.1) is 0 Å². The molecule has 1 N–H and O–H groups in total. The van der Waals surface area contributed by atoms with Gasteiger partial charge in [0.15, 0.2) is 11.5 Å². The van der Waals surface area contributed by atoms with E-state index >= 15 is 0 Å². The van der Waals surface area contributed by atoms with Crippen molar-refractivity contribution in [2.24, 2.45) is 0 Å². The highest BCUT2D eigenvalue weighted by Crippen LogP contribution is 2.28. The summed E-state index contributed by atoms with van der Waals surface area (Å²) in [5.41, 5.74) is 1.14. The topological polar surface area (TPSA) is 30.5 Å². The molecule has 0 spiro atoms. The lowest BCUT2D eigenvalue weighted by molar-refractivity contribution is 0.355. The van der Waals surface area contributed by atoms with Crippen LogP contribution in [0.2, 0.25) is 0 Å². The van der Waals surface area contributed by atoms with Crippen molar-refractivity contribution < 1.29 is 9.47 Å². The highest BCUT2D eigenvalue weighted by atomic mass is 16.5. The molecule has 1 atom stereocenters. The van der Waals surface area contributed by atoms with Crippen molar-refractivity contribution in [2.75, 3.05) is 20.8 Å². The van der Waals surface area contributed by atoms with Crippen LogP contribution in [0.3, 0.4) is 0 Å². The van der Waals surface area contributed by atoms with Crippen molar-refractivity contribution in [1.29, 1.82) is 0 Å². The van der Waals surface area contributed by atoms with Crippen LogP contribution in [0.1, 0.15) is 24.8 Å². The third-order valence-corrected chi connectivity index (χ3v) is 3.28. The van der Waals surface area contributed by atoms with E-state index < -0.39 is 0 Å². The van der Waals surface area contributed by atoms with Crippen molar-refractivity contribution in [3.8, 4) is 11.5 Å². The molecule has 0 aromatic heterocycles. The standard InChI is InChI=1S/C15H21NO2/c1-17-14-9-7-12(11-15(14)18-2)6-8-13-5-3-4-10-16-13/h6-9,11,13,16H,3-5,10H2,1-2H3/b8-6+. The Bertz CT molecular complexity index is 409. The molecular weight excluding hydrogens is 226 g/mol. The zero-order valence-electron chi connectivity index (χ0n) is 11.1. The van der Waals surface area contributed by atoms with Crippen LogP contribution in [-0.4, -0.2) is 26.8 Å². The van der Waals surface area contributed by atoms with Crippen LogP contribution in [0.5, 0.6) is 11.5 Å². The minimum absolute atomic E-state index is 0.506. The van der Waals surface area contributed by atoms with Gasteiger partial charge in [-0.25, -0.2) is 0 Å². The Morgan fingerprint density at radius 1 is 1.17 bits per heavy atom. The Kier molecular flexibility index (Phi) is 4.65. The average molecular weight is 247 g/mol. The van der Waals surface area contributed by atoms with Crippen molar-refractivity contribution in [2.45, 2.75) is 25.3 Å². The molecule has 0 radical (unpaired) electrons. The smallest absolute Gasteiger partial charge is 0.161 e. The first-order valence-corrected chi connectivity index (χ1v) is 6.47. The zero-order valence-corrected chi connectivity index (χ0v) is 11.1. The molecule has 0 amide bonds. The first-order valence-electron chi connectivity index (χ1n) is 6.47. The van der Waals surface area contributed by atoms with E-state index in [0.29, 0.717) is 6.04 Å². The van der Waals surface area contributed by atoms with Gasteiger partial charge in [0.1, 0.15) is 0 Å². The summed E-state index contributed by atoms with van der Waals surface area (Å²) >= 11 is 0. The van der Waals surface area contributed by atoms with E-state index in [1.54, 1.807) is 14.2 Å². The number of benzene rings is 1. The highest BCUT2D eigenvalue weighted by molar-refractivity contribution is 5.56. The molecule has 1 unspecified atom stereocenters. The van der Waals surface area contributed by atoms with Gasteiger partial charge in [-0.05, 0) is 37.1 Å². The number of hydrogen-bond donors (Lipinski definition) is 1. The van der Waals surface area contributed by atoms with Gasteiger partial charge in [0.2, 0.25) is 0 Å². The maximum absolute atomic E-state index is 5.29. The molecule has 2 rings (SSSR count). The lowest BCUT2D eigenvalue weighted by Crippen LogP contribution is -2.31. The van der Waals surface area contributed by atoms with E-state index in [-0.39, 0.29) is 0 Å². The van der Waals surface area contributed by atoms with Crippen LogP contribution >= 0.6 is 0 Å². The Balaban J connectivity index is 2.06. The Hall–Kier alpha value is -1.48. The number of rotatable bonds is 4. The second-order valence-electron chi connectivity index (χ2n) is 4.53. The van der Waals surface area contributed by atoms with Gasteiger partial charge in [0.25, 0.3) is 0 Å². The summed E-state index contributed by atoms with van der Waals surface area (Å²) in [6.07, 6.45) is 8.21. The molecule has 0 aliphatic carbocycles. The summed E-state index contributed by atoms with van der Waals surface area (Å²) in [6, 6.07) is 6.48. The second kappa shape index (κ2) is 6.45. The van der Waals surface area contributed by atoms with Crippen molar-refractivity contribution in [3.63, 3.8) is 0 Å². The summed E-state index contributed by atoms with van der Waals surface area (Å²) in [6.45, 7) is 1.13. The summed E-state index contributed by atoms with van der Waals surface area (Å²) in [7, 11) is 3.31. The molecule has 1 aromatic rings. The minimum Gasteiger partial charge on any atom is -0.493 e. The molecule has 0 bridgehead atoms. The summed E-state index contributed by atoms with van der Waals surface area (Å²) in [4.78, 5) is 0. The van der Waals surface area contributed by atoms with Crippen LogP contribution in [-0.2, 0) is 0 Å². The SMILES string of the molecule is COc1ccc(/C=C/C2CCCCN2)cc1OC. The number of methoxy groups -OCH3 is 2. The van der Waals surface area contributed by atoms with Gasteiger partial charge in [-0.15, -0.1) is 0 Å². The number of hydrogen-bond acceptors (Lipinski definition) is 3. The summed E-state index contributed by atoms with van der Waals surface area (Å²) in [5.74, 6) is 1.54. The number of ether oxygens (including phenoxy) is 2. The van der Waals surface area contributed by atoms with E-state index in [1.807, 2.05) is 18.2 Å². The largest absolute Gasteiger partial charge is 0.493 e. The second-order valence-corrected chi connectivity index (χ2v) is 4.53. The van der Waals surface area contributed by atoms with Crippen molar-refractivity contribution in [3.05, 3.63) is 29.8 Å². The minimum atomic E-state index is 0.506. The number of piperidine rings is 1. The molecule has 1 fully saturated rings. The van der Waals surface area contributed by atoms with Crippen LogP contribution in [0.15, 0.2) is 24.3 Å². The van der Waals surface area contributed by atoms with Gasteiger partial charge in [-0.1, -0.05) is 24.6 Å². The molecule has 0 saturated carbocycles. The fraction of sp³-hybridized carbons (Fsp3) is 0.467. The predicted molar refractivity (Wildman–Crippen MR) is 74.2 cm³/mol. The quantitative estimate of drug-likeness (QED) is 0.887. The van der Waals surface area contributed by atoms with Gasteiger partial charge in [-0.2, -0.15) is 0 Å². The lowest BCUT2D eigenvalue weighted by atomic mass is 10.0. The third kappa shape index (κ3) is 3.26.